The Bertz CT molecular complexity index is 1200. The van der Waals surface area contributed by atoms with Crippen molar-refractivity contribution >= 4 is 44.5 Å². The maximum atomic E-state index is 14.6. The summed E-state index contributed by atoms with van der Waals surface area (Å²) in [4.78, 5) is 5.57. The van der Waals surface area contributed by atoms with E-state index < -0.39 is 20.7 Å². The summed E-state index contributed by atoms with van der Waals surface area (Å²) in [6, 6.07) is 6.98. The molecule has 2 aromatic carbocycles. The van der Waals surface area contributed by atoms with Crippen LogP contribution in [0.4, 0.5) is 20.3 Å². The number of nitrogens with one attached hydrogen (secondary N) is 2. The van der Waals surface area contributed by atoms with E-state index in [0.717, 1.165) is 43.8 Å². The van der Waals surface area contributed by atoms with Crippen molar-refractivity contribution in [2.45, 2.75) is 24.3 Å². The highest BCUT2D eigenvalue weighted by Crippen LogP contribution is 2.30. The molecule has 0 radical (unpaired) electrons. The van der Waals surface area contributed by atoms with Crippen LogP contribution in [-0.4, -0.2) is 37.9 Å². The third-order valence-electron chi connectivity index (χ3n) is 5.23. The summed E-state index contributed by atoms with van der Waals surface area (Å²) in [5, 5.41) is 4.39. The van der Waals surface area contributed by atoms with Gasteiger partial charge in [-0.3, -0.25) is 4.72 Å². The fourth-order valence-electron chi connectivity index (χ4n) is 3.33. The molecule has 0 unspecified atom stereocenters. The second-order valence-corrected chi connectivity index (χ2v) is 10.2. The Hall–Kier alpha value is -2.27. The number of sulfonamides is 1. The molecule has 1 aliphatic heterocycles. The predicted molar refractivity (Wildman–Crippen MR) is 123 cm³/mol. The van der Waals surface area contributed by atoms with E-state index >= 15 is 0 Å². The first kappa shape index (κ1) is 22.9. The van der Waals surface area contributed by atoms with Crippen LogP contribution in [0.15, 0.2) is 46.1 Å². The van der Waals surface area contributed by atoms with Gasteiger partial charge in [0.05, 0.1) is 16.2 Å². The zero-order valence-electron chi connectivity index (χ0n) is 16.9. The monoisotopic (exact) mass is 498 g/mol. The maximum absolute atomic E-state index is 14.6. The quantitative estimate of drug-likeness (QED) is 0.446. The van der Waals surface area contributed by atoms with E-state index in [1.54, 1.807) is 12.1 Å². The maximum Gasteiger partial charge on any atom is 0.266 e. The van der Waals surface area contributed by atoms with E-state index in [-0.39, 0.29) is 28.9 Å². The third-order valence-corrected chi connectivity index (χ3v) is 7.50. The summed E-state index contributed by atoms with van der Waals surface area (Å²) in [5.74, 6) is -1.27. The van der Waals surface area contributed by atoms with Crippen LogP contribution in [0.3, 0.4) is 0 Å². The summed E-state index contributed by atoms with van der Waals surface area (Å²) < 4.78 is 56.0. The summed E-state index contributed by atoms with van der Waals surface area (Å²) in [6.45, 7) is 3.21. The van der Waals surface area contributed by atoms with Crippen LogP contribution in [0.1, 0.15) is 17.5 Å². The van der Waals surface area contributed by atoms with Gasteiger partial charge in [-0.25, -0.2) is 22.2 Å². The second kappa shape index (κ2) is 9.70. The van der Waals surface area contributed by atoms with Crippen LogP contribution in [0.2, 0.25) is 5.02 Å². The standard InChI is InChI=1S/C21H21ClF2N4O2S2/c22-16-9-20(32(29,30)27-21-12-31-13-26-21)18(24)10-19(16)25-11-15-8-14(2-3-17(15)23)4-7-28-5-1-6-28/h2-3,8-10,12-13,25,27H,1,4-7,11H2. The van der Waals surface area contributed by atoms with Crippen molar-refractivity contribution in [3.05, 3.63) is 69.0 Å². The average Bonchev–Trinajstić information content (AvgIpc) is 3.21. The Balaban J connectivity index is 1.46. The SMILES string of the molecule is O=S(=O)(Nc1cscn1)c1cc(Cl)c(NCc2cc(CCN3CCC3)ccc2F)cc1F. The third kappa shape index (κ3) is 5.37. The molecule has 0 bridgehead atoms. The lowest BCUT2D eigenvalue weighted by atomic mass is 10.1. The molecule has 6 nitrogen and oxygen atoms in total. The highest BCUT2D eigenvalue weighted by Gasteiger charge is 2.22. The molecule has 0 aliphatic carbocycles. The number of benzene rings is 2. The second-order valence-electron chi connectivity index (χ2n) is 7.47. The smallest absolute Gasteiger partial charge is 0.266 e. The lowest BCUT2D eigenvalue weighted by molar-refractivity contribution is 0.184. The fraction of sp³-hybridized carbons (Fsp3) is 0.286. The number of aromatic nitrogens is 1. The molecule has 1 saturated heterocycles. The molecular formula is C21H21ClF2N4O2S2. The molecule has 4 rings (SSSR count). The topological polar surface area (TPSA) is 74.3 Å². The van der Waals surface area contributed by atoms with Crippen LogP contribution in [-0.2, 0) is 23.0 Å². The molecular weight excluding hydrogens is 478 g/mol. The molecule has 2 heterocycles. The van der Waals surface area contributed by atoms with Crippen molar-refractivity contribution in [2.24, 2.45) is 0 Å². The van der Waals surface area contributed by atoms with Crippen LogP contribution in [0, 0.1) is 11.6 Å². The van der Waals surface area contributed by atoms with E-state index in [2.05, 4.69) is 19.9 Å². The van der Waals surface area contributed by atoms with Gasteiger partial charge in [0.25, 0.3) is 10.0 Å². The number of hydrogen-bond acceptors (Lipinski definition) is 6. The molecule has 170 valence electrons. The zero-order chi connectivity index (χ0) is 22.7. The first-order valence-corrected chi connectivity index (χ1v) is 12.8. The van der Waals surface area contributed by atoms with Gasteiger partial charge in [-0.1, -0.05) is 23.7 Å². The Labute approximate surface area is 194 Å². The summed E-state index contributed by atoms with van der Waals surface area (Å²) in [7, 11) is -4.20. The van der Waals surface area contributed by atoms with E-state index in [4.69, 9.17) is 11.6 Å². The minimum Gasteiger partial charge on any atom is -0.380 e. The number of halogens is 3. The number of hydrogen-bond donors (Lipinski definition) is 2. The van der Waals surface area contributed by atoms with E-state index in [1.165, 1.54) is 34.7 Å². The first-order chi connectivity index (χ1) is 15.3. The Morgan fingerprint density at radius 3 is 2.66 bits per heavy atom. The van der Waals surface area contributed by atoms with Gasteiger partial charge < -0.3 is 10.2 Å². The number of rotatable bonds is 9. The molecule has 1 aromatic heterocycles. The van der Waals surface area contributed by atoms with Gasteiger partial charge in [-0.05, 0) is 49.7 Å². The van der Waals surface area contributed by atoms with Crippen molar-refractivity contribution < 1.29 is 17.2 Å². The van der Waals surface area contributed by atoms with Crippen LogP contribution in [0.5, 0.6) is 0 Å². The van der Waals surface area contributed by atoms with E-state index in [1.807, 2.05) is 0 Å². The lowest BCUT2D eigenvalue weighted by Crippen LogP contribution is -2.38. The minimum absolute atomic E-state index is 0.000557. The van der Waals surface area contributed by atoms with Crippen LogP contribution < -0.4 is 10.0 Å². The minimum atomic E-state index is -4.20. The summed E-state index contributed by atoms with van der Waals surface area (Å²) >= 11 is 7.40. The zero-order valence-corrected chi connectivity index (χ0v) is 19.3. The molecule has 0 spiro atoms. The predicted octanol–water partition coefficient (Wildman–Crippen LogP) is 4.74. The molecule has 0 saturated carbocycles. The number of anilines is 2. The molecule has 1 aliphatic rings. The first-order valence-electron chi connectivity index (χ1n) is 9.95. The molecule has 0 atom stereocenters. The number of nitrogens with zero attached hydrogens (tertiary/aromatic N) is 2. The van der Waals surface area contributed by atoms with Gasteiger partial charge in [0, 0.05) is 24.0 Å². The molecule has 32 heavy (non-hydrogen) atoms. The fourth-order valence-corrected chi connectivity index (χ4v) is 5.27. The highest BCUT2D eigenvalue weighted by molar-refractivity contribution is 7.92. The number of likely N-dealkylation sites (tertiary alicyclic amines) is 1. The van der Waals surface area contributed by atoms with Crippen molar-refractivity contribution in [2.75, 3.05) is 29.7 Å². The highest BCUT2D eigenvalue weighted by atomic mass is 35.5. The van der Waals surface area contributed by atoms with Crippen LogP contribution in [0.25, 0.3) is 0 Å². The average molecular weight is 499 g/mol. The van der Waals surface area contributed by atoms with Gasteiger partial charge in [0.15, 0.2) is 5.82 Å². The van der Waals surface area contributed by atoms with Gasteiger partial charge >= 0.3 is 0 Å². The van der Waals surface area contributed by atoms with Crippen molar-refractivity contribution in [1.29, 1.82) is 0 Å². The van der Waals surface area contributed by atoms with Gasteiger partial charge in [-0.2, -0.15) is 0 Å². The molecule has 0 amide bonds. The summed E-state index contributed by atoms with van der Waals surface area (Å²) in [6.07, 6.45) is 2.04. The van der Waals surface area contributed by atoms with Crippen molar-refractivity contribution in [3.8, 4) is 0 Å². The van der Waals surface area contributed by atoms with Gasteiger partial charge in [-0.15, -0.1) is 11.3 Å². The van der Waals surface area contributed by atoms with E-state index in [9.17, 15) is 17.2 Å². The Kier molecular flexibility index (Phi) is 6.94. The van der Waals surface area contributed by atoms with Crippen molar-refractivity contribution in [1.82, 2.24) is 9.88 Å². The lowest BCUT2D eigenvalue weighted by Gasteiger charge is -2.30. The number of thiazole rings is 1. The molecule has 3 aromatic rings. The Morgan fingerprint density at radius 2 is 1.97 bits per heavy atom. The normalized spacial score (nSPS) is 14.2. The Morgan fingerprint density at radius 1 is 1.16 bits per heavy atom. The van der Waals surface area contributed by atoms with Crippen molar-refractivity contribution in [3.63, 3.8) is 0 Å². The van der Waals surface area contributed by atoms with Gasteiger partial charge in [0.2, 0.25) is 0 Å². The summed E-state index contributed by atoms with van der Waals surface area (Å²) in [5.41, 5.74) is 3.06. The largest absolute Gasteiger partial charge is 0.380 e. The molecule has 11 heteroatoms. The molecule has 1 fully saturated rings. The van der Waals surface area contributed by atoms with Crippen LogP contribution >= 0.6 is 22.9 Å². The van der Waals surface area contributed by atoms with Gasteiger partial charge in [0.1, 0.15) is 16.5 Å². The van der Waals surface area contributed by atoms with E-state index in [0.29, 0.717) is 5.56 Å². The molecule has 2 N–H and O–H groups in total.